The smallest absolute Gasteiger partial charge is 0.0197 e. The Labute approximate surface area is 113 Å². The predicted molar refractivity (Wildman–Crippen MR) is 76.7 cm³/mol. The molecule has 0 aromatic heterocycles. The van der Waals surface area contributed by atoms with E-state index in [1.165, 1.54) is 71.0 Å². The highest BCUT2D eigenvalue weighted by Crippen LogP contribution is 2.32. The minimum Gasteiger partial charge on any atom is -0.310 e. The first-order valence-electron chi connectivity index (χ1n) is 8.29. The maximum atomic E-state index is 3.98. The molecule has 0 aromatic carbocycles. The Kier molecular flexibility index (Phi) is 4.25. The van der Waals surface area contributed by atoms with Gasteiger partial charge in [0, 0.05) is 25.2 Å². The first-order chi connectivity index (χ1) is 8.81. The molecule has 1 saturated carbocycles. The molecule has 4 unspecified atom stereocenters. The molecule has 1 aliphatic carbocycles. The molecule has 0 radical (unpaired) electrons. The summed E-state index contributed by atoms with van der Waals surface area (Å²) in [6.45, 7) is 6.41. The van der Waals surface area contributed by atoms with Gasteiger partial charge in [-0.25, -0.2) is 0 Å². The van der Waals surface area contributed by atoms with Crippen molar-refractivity contribution in [1.29, 1.82) is 0 Å². The van der Waals surface area contributed by atoms with Crippen molar-refractivity contribution in [1.82, 2.24) is 10.2 Å². The van der Waals surface area contributed by atoms with Crippen molar-refractivity contribution >= 4 is 0 Å². The van der Waals surface area contributed by atoms with E-state index in [9.17, 15) is 0 Å². The summed E-state index contributed by atoms with van der Waals surface area (Å²) >= 11 is 0. The van der Waals surface area contributed by atoms with E-state index >= 15 is 0 Å². The van der Waals surface area contributed by atoms with Crippen LogP contribution >= 0.6 is 0 Å². The molecule has 0 bridgehead atoms. The Hall–Kier alpha value is -0.0800. The van der Waals surface area contributed by atoms with Crippen molar-refractivity contribution in [3.05, 3.63) is 0 Å². The highest BCUT2D eigenvalue weighted by molar-refractivity contribution is 4.90. The summed E-state index contributed by atoms with van der Waals surface area (Å²) in [6, 6.07) is 1.65. The summed E-state index contributed by atoms with van der Waals surface area (Å²) in [5.41, 5.74) is 0. The van der Waals surface area contributed by atoms with Crippen molar-refractivity contribution in [2.24, 2.45) is 11.8 Å². The molecule has 2 aliphatic heterocycles. The van der Waals surface area contributed by atoms with E-state index < -0.39 is 0 Å². The molecule has 4 atom stereocenters. The summed E-state index contributed by atoms with van der Waals surface area (Å²) in [5, 5.41) is 3.98. The van der Waals surface area contributed by atoms with Crippen LogP contribution in [0.2, 0.25) is 0 Å². The molecule has 2 saturated heterocycles. The standard InChI is InChI=1S/C16H30N2/c1-13-5-4-10-18(11-13)12-15-9-8-14-6-2-3-7-16(14)17-15/h13-17H,2-12H2,1H3. The Morgan fingerprint density at radius 1 is 1.00 bits per heavy atom. The molecule has 3 rings (SSSR count). The lowest BCUT2D eigenvalue weighted by molar-refractivity contribution is 0.120. The Morgan fingerprint density at radius 3 is 2.78 bits per heavy atom. The molecule has 0 amide bonds. The number of hydrogen-bond acceptors (Lipinski definition) is 2. The number of hydrogen-bond donors (Lipinski definition) is 1. The number of fused-ring (bicyclic) bond motifs is 1. The van der Waals surface area contributed by atoms with Crippen LogP contribution in [0.1, 0.15) is 58.3 Å². The fraction of sp³-hybridized carbons (Fsp3) is 1.00. The number of piperidine rings is 2. The van der Waals surface area contributed by atoms with Gasteiger partial charge in [0.1, 0.15) is 0 Å². The molecule has 18 heavy (non-hydrogen) atoms. The fourth-order valence-corrected chi connectivity index (χ4v) is 4.48. The van der Waals surface area contributed by atoms with Gasteiger partial charge in [-0.3, -0.25) is 0 Å². The van der Waals surface area contributed by atoms with Crippen LogP contribution in [0.25, 0.3) is 0 Å². The summed E-state index contributed by atoms with van der Waals surface area (Å²) in [6.07, 6.45) is 11.7. The molecule has 3 fully saturated rings. The third-order valence-corrected chi connectivity index (χ3v) is 5.46. The molecule has 2 nitrogen and oxygen atoms in total. The van der Waals surface area contributed by atoms with Crippen LogP contribution < -0.4 is 5.32 Å². The summed E-state index contributed by atoms with van der Waals surface area (Å²) in [7, 11) is 0. The molecule has 3 aliphatic rings. The van der Waals surface area contributed by atoms with Gasteiger partial charge in [0.05, 0.1) is 0 Å². The predicted octanol–water partition coefficient (Wildman–Crippen LogP) is 3.03. The SMILES string of the molecule is CC1CCCN(CC2CCC3CCCCC3N2)C1. The van der Waals surface area contributed by atoms with Gasteiger partial charge in [-0.1, -0.05) is 19.8 Å². The molecule has 2 heterocycles. The van der Waals surface area contributed by atoms with Crippen molar-refractivity contribution in [3.8, 4) is 0 Å². The van der Waals surface area contributed by atoms with E-state index in [1.807, 2.05) is 0 Å². The molecule has 104 valence electrons. The highest BCUT2D eigenvalue weighted by Gasteiger charge is 2.32. The third-order valence-electron chi connectivity index (χ3n) is 5.46. The lowest BCUT2D eigenvalue weighted by Gasteiger charge is -2.43. The van der Waals surface area contributed by atoms with Crippen LogP contribution in [-0.2, 0) is 0 Å². The van der Waals surface area contributed by atoms with Crippen molar-refractivity contribution in [2.45, 2.75) is 70.4 Å². The third kappa shape index (κ3) is 3.08. The van der Waals surface area contributed by atoms with Crippen molar-refractivity contribution in [3.63, 3.8) is 0 Å². The second-order valence-corrected chi connectivity index (χ2v) is 7.10. The monoisotopic (exact) mass is 250 g/mol. The average Bonchev–Trinajstić information content (AvgIpc) is 2.39. The second kappa shape index (κ2) is 5.92. The zero-order valence-corrected chi connectivity index (χ0v) is 12.0. The topological polar surface area (TPSA) is 15.3 Å². The lowest BCUT2D eigenvalue weighted by atomic mass is 9.77. The number of nitrogens with zero attached hydrogens (tertiary/aromatic N) is 1. The first-order valence-corrected chi connectivity index (χ1v) is 8.29. The van der Waals surface area contributed by atoms with Gasteiger partial charge in [0.15, 0.2) is 0 Å². The van der Waals surface area contributed by atoms with Crippen LogP contribution in [0.5, 0.6) is 0 Å². The molecular formula is C16H30N2. The van der Waals surface area contributed by atoms with Crippen LogP contribution in [0.15, 0.2) is 0 Å². The molecule has 1 N–H and O–H groups in total. The Bertz CT molecular complexity index is 266. The van der Waals surface area contributed by atoms with Crippen LogP contribution in [0, 0.1) is 11.8 Å². The Morgan fingerprint density at radius 2 is 1.89 bits per heavy atom. The summed E-state index contributed by atoms with van der Waals surface area (Å²) in [5.74, 6) is 1.93. The number of rotatable bonds is 2. The van der Waals surface area contributed by atoms with Gasteiger partial charge in [0.25, 0.3) is 0 Å². The second-order valence-electron chi connectivity index (χ2n) is 7.10. The van der Waals surface area contributed by atoms with Crippen LogP contribution in [0.3, 0.4) is 0 Å². The van der Waals surface area contributed by atoms with E-state index in [4.69, 9.17) is 0 Å². The zero-order chi connectivity index (χ0) is 12.4. The number of likely N-dealkylation sites (tertiary alicyclic amines) is 1. The normalized spacial score (nSPS) is 42.5. The van der Waals surface area contributed by atoms with Gasteiger partial charge >= 0.3 is 0 Å². The lowest BCUT2D eigenvalue weighted by Crippen LogP contribution is -2.53. The van der Waals surface area contributed by atoms with Crippen molar-refractivity contribution in [2.75, 3.05) is 19.6 Å². The van der Waals surface area contributed by atoms with E-state index in [0.717, 1.165) is 23.9 Å². The quantitative estimate of drug-likeness (QED) is 0.810. The van der Waals surface area contributed by atoms with E-state index in [-0.39, 0.29) is 0 Å². The van der Waals surface area contributed by atoms with Gasteiger partial charge in [0.2, 0.25) is 0 Å². The molecule has 0 spiro atoms. The zero-order valence-electron chi connectivity index (χ0n) is 12.0. The van der Waals surface area contributed by atoms with E-state index in [2.05, 4.69) is 17.1 Å². The maximum Gasteiger partial charge on any atom is 0.0197 e. The van der Waals surface area contributed by atoms with Gasteiger partial charge < -0.3 is 10.2 Å². The summed E-state index contributed by atoms with van der Waals surface area (Å²) < 4.78 is 0. The Balaban J connectivity index is 1.48. The minimum atomic E-state index is 0.787. The van der Waals surface area contributed by atoms with Gasteiger partial charge in [-0.2, -0.15) is 0 Å². The largest absolute Gasteiger partial charge is 0.310 e. The van der Waals surface area contributed by atoms with Crippen LogP contribution in [0.4, 0.5) is 0 Å². The minimum absolute atomic E-state index is 0.787. The first kappa shape index (κ1) is 12.9. The van der Waals surface area contributed by atoms with Crippen molar-refractivity contribution < 1.29 is 0 Å². The summed E-state index contributed by atoms with van der Waals surface area (Å²) in [4.78, 5) is 2.72. The molecule has 2 heteroatoms. The van der Waals surface area contributed by atoms with Gasteiger partial charge in [-0.15, -0.1) is 0 Å². The van der Waals surface area contributed by atoms with Gasteiger partial charge in [-0.05, 0) is 56.9 Å². The molecule has 0 aromatic rings. The fourth-order valence-electron chi connectivity index (χ4n) is 4.48. The van der Waals surface area contributed by atoms with E-state index in [1.54, 1.807) is 0 Å². The highest BCUT2D eigenvalue weighted by atomic mass is 15.2. The number of nitrogens with one attached hydrogen (secondary N) is 1. The van der Waals surface area contributed by atoms with E-state index in [0.29, 0.717) is 0 Å². The van der Waals surface area contributed by atoms with Crippen LogP contribution in [-0.4, -0.2) is 36.6 Å². The maximum absolute atomic E-state index is 3.98. The average molecular weight is 250 g/mol. The molecular weight excluding hydrogens is 220 g/mol.